The quantitative estimate of drug-likeness (QED) is 0.746. The lowest BCUT2D eigenvalue weighted by atomic mass is 10.1. The summed E-state index contributed by atoms with van der Waals surface area (Å²) >= 11 is 3.26. The number of sulfonamides is 1. The van der Waals surface area contributed by atoms with E-state index in [0.29, 0.717) is 18.5 Å². The first-order valence-corrected chi connectivity index (χ1v) is 9.23. The molecular weight excluding hydrogens is 382 g/mol. The van der Waals surface area contributed by atoms with Crippen LogP contribution in [0.25, 0.3) is 0 Å². The smallest absolute Gasteiger partial charge is 0.303 e. The number of rotatable bonds is 7. The molecule has 0 heterocycles. The van der Waals surface area contributed by atoms with Crippen LogP contribution in [0.4, 0.5) is 5.69 Å². The molecule has 5 nitrogen and oxygen atoms in total. The van der Waals surface area contributed by atoms with E-state index in [9.17, 15) is 13.2 Å². The molecule has 2 aromatic carbocycles. The van der Waals surface area contributed by atoms with Gasteiger partial charge in [0.2, 0.25) is 0 Å². The second-order valence-electron chi connectivity index (χ2n) is 5.00. The molecule has 0 aromatic heterocycles. The molecule has 0 radical (unpaired) electrons. The number of carbonyl (C=O) groups is 1. The predicted molar refractivity (Wildman–Crippen MR) is 92.0 cm³/mol. The molecule has 122 valence electrons. The van der Waals surface area contributed by atoms with Crippen molar-refractivity contribution in [2.45, 2.75) is 24.2 Å². The molecule has 0 spiro atoms. The minimum absolute atomic E-state index is 0.123. The van der Waals surface area contributed by atoms with Crippen LogP contribution < -0.4 is 4.72 Å². The van der Waals surface area contributed by atoms with Gasteiger partial charge in [0, 0.05) is 16.6 Å². The SMILES string of the molecule is O=C(O)CCCc1ccc(NS(=O)(=O)c2ccc(Br)cc2)cc1. The average Bonchev–Trinajstić information content (AvgIpc) is 2.49. The maximum Gasteiger partial charge on any atom is 0.303 e. The van der Waals surface area contributed by atoms with Gasteiger partial charge in [0.25, 0.3) is 10.0 Å². The summed E-state index contributed by atoms with van der Waals surface area (Å²) in [7, 11) is -3.62. The van der Waals surface area contributed by atoms with E-state index in [2.05, 4.69) is 20.7 Å². The van der Waals surface area contributed by atoms with Gasteiger partial charge in [0.15, 0.2) is 0 Å². The van der Waals surface area contributed by atoms with E-state index in [1.807, 2.05) is 0 Å². The zero-order valence-corrected chi connectivity index (χ0v) is 14.6. The molecule has 0 atom stereocenters. The molecular formula is C16H16BrNO4S. The number of carboxylic acid groups (broad SMARTS) is 1. The average molecular weight is 398 g/mol. The number of benzene rings is 2. The van der Waals surface area contributed by atoms with E-state index in [1.165, 1.54) is 12.1 Å². The van der Waals surface area contributed by atoms with Crippen LogP contribution in [0.1, 0.15) is 18.4 Å². The molecule has 0 unspecified atom stereocenters. The summed E-state index contributed by atoms with van der Waals surface area (Å²) in [5.41, 5.74) is 1.44. The Labute approximate surface area is 143 Å². The van der Waals surface area contributed by atoms with E-state index in [-0.39, 0.29) is 11.3 Å². The second-order valence-corrected chi connectivity index (χ2v) is 7.60. The van der Waals surface area contributed by atoms with Gasteiger partial charge in [0.05, 0.1) is 4.90 Å². The van der Waals surface area contributed by atoms with E-state index in [1.54, 1.807) is 36.4 Å². The topological polar surface area (TPSA) is 83.5 Å². The van der Waals surface area contributed by atoms with Gasteiger partial charge in [-0.05, 0) is 54.8 Å². The van der Waals surface area contributed by atoms with Crippen molar-refractivity contribution >= 4 is 37.6 Å². The molecule has 0 saturated heterocycles. The summed E-state index contributed by atoms with van der Waals surface area (Å²) in [6.45, 7) is 0. The van der Waals surface area contributed by atoms with Crippen molar-refractivity contribution < 1.29 is 18.3 Å². The fraction of sp³-hybridized carbons (Fsp3) is 0.188. The fourth-order valence-electron chi connectivity index (χ4n) is 2.01. The third-order valence-corrected chi connectivity index (χ3v) is 5.11. The lowest BCUT2D eigenvalue weighted by Crippen LogP contribution is -2.12. The molecule has 2 aromatic rings. The van der Waals surface area contributed by atoms with Crippen molar-refractivity contribution in [1.29, 1.82) is 0 Å². The molecule has 7 heteroatoms. The number of hydrogen-bond donors (Lipinski definition) is 2. The van der Waals surface area contributed by atoms with Gasteiger partial charge in [-0.15, -0.1) is 0 Å². The van der Waals surface area contributed by atoms with Gasteiger partial charge in [-0.1, -0.05) is 28.1 Å². The number of hydrogen-bond acceptors (Lipinski definition) is 3. The molecule has 0 aliphatic heterocycles. The highest BCUT2D eigenvalue weighted by Crippen LogP contribution is 2.19. The largest absolute Gasteiger partial charge is 0.481 e. The van der Waals surface area contributed by atoms with E-state index in [4.69, 9.17) is 5.11 Å². The molecule has 2 N–H and O–H groups in total. The Hall–Kier alpha value is -1.86. The molecule has 2 rings (SSSR count). The standard InChI is InChI=1S/C16H16BrNO4S/c17-13-6-10-15(11-7-13)23(21,22)18-14-8-4-12(5-9-14)2-1-3-16(19)20/h4-11,18H,1-3H2,(H,19,20). The van der Waals surface area contributed by atoms with Crippen LogP contribution in [0.15, 0.2) is 57.9 Å². The van der Waals surface area contributed by atoms with Crippen LogP contribution in [-0.4, -0.2) is 19.5 Å². The summed E-state index contributed by atoms with van der Waals surface area (Å²) < 4.78 is 27.8. The molecule has 0 amide bonds. The highest BCUT2D eigenvalue weighted by atomic mass is 79.9. The van der Waals surface area contributed by atoms with Crippen molar-refractivity contribution in [1.82, 2.24) is 0 Å². The third kappa shape index (κ3) is 5.37. The first kappa shape index (κ1) is 17.5. The number of aryl methyl sites for hydroxylation is 1. The first-order valence-electron chi connectivity index (χ1n) is 6.96. The normalized spacial score (nSPS) is 11.2. The highest BCUT2D eigenvalue weighted by Gasteiger charge is 2.13. The lowest BCUT2D eigenvalue weighted by molar-refractivity contribution is -0.137. The van der Waals surface area contributed by atoms with Gasteiger partial charge in [-0.3, -0.25) is 9.52 Å². The number of aliphatic carboxylic acids is 1. The maximum absolute atomic E-state index is 12.3. The highest BCUT2D eigenvalue weighted by molar-refractivity contribution is 9.10. The zero-order chi connectivity index (χ0) is 16.9. The molecule has 0 bridgehead atoms. The first-order chi connectivity index (χ1) is 10.9. The lowest BCUT2D eigenvalue weighted by Gasteiger charge is -2.09. The van der Waals surface area contributed by atoms with Gasteiger partial charge in [-0.2, -0.15) is 0 Å². The van der Waals surface area contributed by atoms with E-state index in [0.717, 1.165) is 10.0 Å². The Balaban J connectivity index is 2.02. The summed E-state index contributed by atoms with van der Waals surface area (Å²) in [6, 6.07) is 13.3. The Morgan fingerprint density at radius 3 is 2.22 bits per heavy atom. The Morgan fingerprint density at radius 1 is 1.04 bits per heavy atom. The minimum atomic E-state index is -3.62. The van der Waals surface area contributed by atoms with E-state index < -0.39 is 16.0 Å². The number of halogens is 1. The van der Waals surface area contributed by atoms with E-state index >= 15 is 0 Å². The Morgan fingerprint density at radius 2 is 1.65 bits per heavy atom. The van der Waals surface area contributed by atoms with Gasteiger partial charge in [-0.25, -0.2) is 8.42 Å². The molecule has 23 heavy (non-hydrogen) atoms. The zero-order valence-electron chi connectivity index (χ0n) is 12.2. The van der Waals surface area contributed by atoms with Crippen LogP contribution in [0, 0.1) is 0 Å². The van der Waals surface area contributed by atoms with Crippen LogP contribution in [0.5, 0.6) is 0 Å². The number of anilines is 1. The third-order valence-electron chi connectivity index (χ3n) is 3.19. The maximum atomic E-state index is 12.3. The van der Waals surface area contributed by atoms with Crippen LogP contribution in [-0.2, 0) is 21.2 Å². The number of nitrogens with one attached hydrogen (secondary N) is 1. The number of carboxylic acids is 1. The van der Waals surface area contributed by atoms with Crippen molar-refractivity contribution in [3.8, 4) is 0 Å². The van der Waals surface area contributed by atoms with Gasteiger partial charge < -0.3 is 5.11 Å². The monoisotopic (exact) mass is 397 g/mol. The van der Waals surface area contributed by atoms with Crippen molar-refractivity contribution in [3.63, 3.8) is 0 Å². The van der Waals surface area contributed by atoms with Crippen molar-refractivity contribution in [2.75, 3.05) is 4.72 Å². The van der Waals surface area contributed by atoms with Crippen molar-refractivity contribution in [2.24, 2.45) is 0 Å². The second kappa shape index (κ2) is 7.61. The van der Waals surface area contributed by atoms with Crippen LogP contribution in [0.3, 0.4) is 0 Å². The van der Waals surface area contributed by atoms with Gasteiger partial charge in [0.1, 0.15) is 0 Å². The fourth-order valence-corrected chi connectivity index (χ4v) is 3.33. The van der Waals surface area contributed by atoms with Crippen LogP contribution in [0.2, 0.25) is 0 Å². The molecule has 0 aliphatic carbocycles. The molecule has 0 aliphatic rings. The summed E-state index contributed by atoms with van der Waals surface area (Å²) in [6.07, 6.45) is 1.32. The van der Waals surface area contributed by atoms with Crippen molar-refractivity contribution in [3.05, 3.63) is 58.6 Å². The minimum Gasteiger partial charge on any atom is -0.481 e. The Bertz CT molecular complexity index is 771. The van der Waals surface area contributed by atoms with Gasteiger partial charge >= 0.3 is 5.97 Å². The summed E-state index contributed by atoms with van der Waals surface area (Å²) in [5.74, 6) is -0.816. The predicted octanol–water partition coefficient (Wildman–Crippen LogP) is 3.66. The molecule has 0 saturated carbocycles. The summed E-state index contributed by atoms with van der Waals surface area (Å²) in [4.78, 5) is 10.7. The Kier molecular flexibility index (Phi) is 5.79. The molecule has 0 fully saturated rings. The van der Waals surface area contributed by atoms with Crippen LogP contribution >= 0.6 is 15.9 Å². The summed E-state index contributed by atoms with van der Waals surface area (Å²) in [5, 5.41) is 8.61.